The fourth-order valence-corrected chi connectivity index (χ4v) is 2.75. The largest absolute Gasteiger partial charge is 0.404 e. The van der Waals surface area contributed by atoms with E-state index in [1.807, 2.05) is 20.8 Å². The van der Waals surface area contributed by atoms with Gasteiger partial charge in [0.05, 0.1) is 15.9 Å². The van der Waals surface area contributed by atoms with E-state index in [0.717, 1.165) is 5.69 Å². The van der Waals surface area contributed by atoms with Crippen molar-refractivity contribution in [3.63, 3.8) is 0 Å². The number of aryl methyl sites for hydroxylation is 2. The summed E-state index contributed by atoms with van der Waals surface area (Å²) in [6.07, 6.45) is -3.00. The van der Waals surface area contributed by atoms with Crippen LogP contribution in [0.1, 0.15) is 38.6 Å². The van der Waals surface area contributed by atoms with E-state index in [4.69, 9.17) is 0 Å². The van der Waals surface area contributed by atoms with Gasteiger partial charge in [0.2, 0.25) is 0 Å². The van der Waals surface area contributed by atoms with Crippen molar-refractivity contribution in [2.45, 2.75) is 58.8 Å². The van der Waals surface area contributed by atoms with Crippen molar-refractivity contribution in [2.24, 2.45) is 0 Å². The molecule has 0 aliphatic rings. The molecule has 0 amide bonds. The van der Waals surface area contributed by atoms with Crippen LogP contribution in [0.2, 0.25) is 0 Å². The summed E-state index contributed by atoms with van der Waals surface area (Å²) in [5.41, 5.74) is 1.41. The van der Waals surface area contributed by atoms with Crippen molar-refractivity contribution in [2.75, 3.05) is 6.54 Å². The first-order valence-corrected chi connectivity index (χ1v) is 7.68. The van der Waals surface area contributed by atoms with Crippen LogP contribution < -0.4 is 5.32 Å². The molecule has 116 valence electrons. The summed E-state index contributed by atoms with van der Waals surface area (Å²) in [4.78, 5) is 0. The van der Waals surface area contributed by atoms with Crippen LogP contribution in [0.5, 0.6) is 0 Å². The van der Waals surface area contributed by atoms with Crippen LogP contribution in [0, 0.1) is 0 Å². The third-order valence-electron chi connectivity index (χ3n) is 3.13. The number of hydrogen-bond donors (Lipinski definition) is 1. The molecule has 0 fully saturated rings. The Labute approximate surface area is 126 Å². The second-order valence-corrected chi connectivity index (χ2v) is 5.42. The van der Waals surface area contributed by atoms with E-state index in [-0.39, 0.29) is 6.42 Å². The van der Waals surface area contributed by atoms with Gasteiger partial charge >= 0.3 is 6.18 Å². The third-order valence-corrected chi connectivity index (χ3v) is 4.04. The van der Waals surface area contributed by atoms with Gasteiger partial charge in [-0.15, -0.1) is 0 Å². The molecule has 0 saturated carbocycles. The maximum atomic E-state index is 13.1. The summed E-state index contributed by atoms with van der Waals surface area (Å²) >= 11 is 3.39. The molecule has 0 aliphatic carbocycles. The fourth-order valence-electron chi connectivity index (χ4n) is 2.03. The molecule has 1 N–H and O–H groups in total. The highest BCUT2D eigenvalue weighted by Gasteiger charge is 2.40. The second-order valence-electron chi connectivity index (χ2n) is 4.63. The zero-order valence-electron chi connectivity index (χ0n) is 12.0. The molecule has 0 saturated heterocycles. The highest BCUT2D eigenvalue weighted by atomic mass is 79.9. The van der Waals surface area contributed by atoms with Crippen LogP contribution in [0.15, 0.2) is 4.47 Å². The van der Waals surface area contributed by atoms with Crippen molar-refractivity contribution < 1.29 is 13.2 Å². The van der Waals surface area contributed by atoms with Crippen LogP contribution in [-0.2, 0) is 19.4 Å². The molecule has 7 heteroatoms. The molecule has 1 aromatic rings. The minimum atomic E-state index is -4.26. The summed E-state index contributed by atoms with van der Waals surface area (Å²) in [6, 6.07) is -1.54. The Balaban J connectivity index is 3.01. The standard InChI is InChI=1S/C13H21BrF3N3/c1-4-7-18-11(13(15,16)17)8-10-12(14)9(5-2)19-20(10)6-3/h11,18H,4-8H2,1-3H3. The molecule has 1 aromatic heterocycles. The molecule has 0 bridgehead atoms. The molecule has 1 unspecified atom stereocenters. The second kappa shape index (κ2) is 7.45. The molecule has 0 spiro atoms. The van der Waals surface area contributed by atoms with Gasteiger partial charge in [0.1, 0.15) is 6.04 Å². The predicted molar refractivity (Wildman–Crippen MR) is 76.8 cm³/mol. The van der Waals surface area contributed by atoms with Gasteiger partial charge in [-0.3, -0.25) is 4.68 Å². The van der Waals surface area contributed by atoms with Gasteiger partial charge < -0.3 is 5.32 Å². The summed E-state index contributed by atoms with van der Waals surface area (Å²) in [6.45, 7) is 6.58. The first-order chi connectivity index (χ1) is 9.35. The summed E-state index contributed by atoms with van der Waals surface area (Å²) in [5.74, 6) is 0. The number of alkyl halides is 3. The van der Waals surface area contributed by atoms with Crippen molar-refractivity contribution in [1.82, 2.24) is 15.1 Å². The molecule has 20 heavy (non-hydrogen) atoms. The van der Waals surface area contributed by atoms with Crippen molar-refractivity contribution >= 4 is 15.9 Å². The third kappa shape index (κ3) is 4.22. The van der Waals surface area contributed by atoms with Gasteiger partial charge in [0.15, 0.2) is 0 Å². The smallest absolute Gasteiger partial charge is 0.306 e. The SMILES string of the molecule is CCCNC(Cc1c(Br)c(CC)nn1CC)C(F)(F)F. The molecule has 3 nitrogen and oxygen atoms in total. The molecule has 0 aliphatic heterocycles. The molecular formula is C13H21BrF3N3. The van der Waals surface area contributed by atoms with E-state index in [2.05, 4.69) is 26.3 Å². The predicted octanol–water partition coefficient (Wildman–Crippen LogP) is 3.70. The van der Waals surface area contributed by atoms with E-state index in [1.165, 1.54) is 0 Å². The molecule has 1 heterocycles. The molecule has 1 atom stereocenters. The Morgan fingerprint density at radius 1 is 1.30 bits per heavy atom. The lowest BCUT2D eigenvalue weighted by Gasteiger charge is -2.22. The maximum Gasteiger partial charge on any atom is 0.404 e. The van der Waals surface area contributed by atoms with E-state index >= 15 is 0 Å². The molecule has 0 aromatic carbocycles. The van der Waals surface area contributed by atoms with Gasteiger partial charge in [-0.25, -0.2) is 0 Å². The summed E-state index contributed by atoms with van der Waals surface area (Å²) in [5, 5.41) is 6.91. The normalized spacial score (nSPS) is 13.8. The Hall–Kier alpha value is -0.560. The van der Waals surface area contributed by atoms with E-state index < -0.39 is 12.2 Å². The minimum Gasteiger partial charge on any atom is -0.306 e. The first kappa shape index (κ1) is 17.5. The molecule has 0 radical (unpaired) electrons. The number of nitrogens with zero attached hydrogens (tertiary/aromatic N) is 2. The monoisotopic (exact) mass is 355 g/mol. The quantitative estimate of drug-likeness (QED) is 0.807. The van der Waals surface area contributed by atoms with Crippen LogP contribution in [0.3, 0.4) is 0 Å². The number of nitrogens with one attached hydrogen (secondary N) is 1. The Morgan fingerprint density at radius 2 is 1.95 bits per heavy atom. The van der Waals surface area contributed by atoms with E-state index in [0.29, 0.717) is 36.1 Å². The highest BCUT2D eigenvalue weighted by Crippen LogP contribution is 2.28. The van der Waals surface area contributed by atoms with Crippen molar-refractivity contribution in [3.8, 4) is 0 Å². The number of rotatable bonds is 7. The van der Waals surface area contributed by atoms with Crippen LogP contribution in [0.4, 0.5) is 13.2 Å². The lowest BCUT2D eigenvalue weighted by atomic mass is 10.1. The van der Waals surface area contributed by atoms with E-state index in [1.54, 1.807) is 4.68 Å². The van der Waals surface area contributed by atoms with Gasteiger partial charge in [-0.05, 0) is 42.2 Å². The minimum absolute atomic E-state index is 0.106. The van der Waals surface area contributed by atoms with Crippen molar-refractivity contribution in [3.05, 3.63) is 15.9 Å². The maximum absolute atomic E-state index is 13.1. The van der Waals surface area contributed by atoms with Crippen molar-refractivity contribution in [1.29, 1.82) is 0 Å². The average Bonchev–Trinajstić information content (AvgIpc) is 2.69. The molecular weight excluding hydrogens is 335 g/mol. The van der Waals surface area contributed by atoms with Crippen LogP contribution >= 0.6 is 15.9 Å². The Morgan fingerprint density at radius 3 is 2.40 bits per heavy atom. The Bertz CT molecular complexity index is 429. The zero-order chi connectivity index (χ0) is 15.3. The average molecular weight is 356 g/mol. The lowest BCUT2D eigenvalue weighted by molar-refractivity contribution is -0.155. The van der Waals surface area contributed by atoms with Gasteiger partial charge in [-0.1, -0.05) is 13.8 Å². The van der Waals surface area contributed by atoms with Gasteiger partial charge in [0.25, 0.3) is 0 Å². The lowest BCUT2D eigenvalue weighted by Crippen LogP contribution is -2.44. The zero-order valence-corrected chi connectivity index (χ0v) is 13.6. The number of halogens is 4. The topological polar surface area (TPSA) is 29.9 Å². The first-order valence-electron chi connectivity index (χ1n) is 6.89. The Kier molecular flexibility index (Phi) is 6.51. The van der Waals surface area contributed by atoms with Gasteiger partial charge in [-0.2, -0.15) is 18.3 Å². The molecule has 1 rings (SSSR count). The number of aromatic nitrogens is 2. The van der Waals surface area contributed by atoms with Gasteiger partial charge in [0, 0.05) is 13.0 Å². The van der Waals surface area contributed by atoms with Crippen LogP contribution in [-0.4, -0.2) is 28.5 Å². The number of hydrogen-bond acceptors (Lipinski definition) is 2. The fraction of sp³-hybridized carbons (Fsp3) is 0.769. The highest BCUT2D eigenvalue weighted by molar-refractivity contribution is 9.10. The van der Waals surface area contributed by atoms with Crippen LogP contribution in [0.25, 0.3) is 0 Å². The van der Waals surface area contributed by atoms with E-state index in [9.17, 15) is 13.2 Å². The summed E-state index contributed by atoms with van der Waals surface area (Å²) in [7, 11) is 0. The summed E-state index contributed by atoms with van der Waals surface area (Å²) < 4.78 is 41.6.